The number of ether oxygens (including phenoxy) is 1. The van der Waals surface area contributed by atoms with E-state index >= 15 is 0 Å². The van der Waals surface area contributed by atoms with Gasteiger partial charge in [0.25, 0.3) is 0 Å². The zero-order valence-corrected chi connectivity index (χ0v) is 13.7. The number of rotatable bonds is 3. The van der Waals surface area contributed by atoms with Gasteiger partial charge in [-0.2, -0.15) is 0 Å². The number of benzene rings is 1. The van der Waals surface area contributed by atoms with Crippen molar-refractivity contribution in [2.45, 2.75) is 50.0 Å². The molecule has 3 unspecified atom stereocenters. The fourth-order valence-corrected chi connectivity index (χ4v) is 3.46. The van der Waals surface area contributed by atoms with Gasteiger partial charge in [-0.05, 0) is 38.3 Å². The van der Waals surface area contributed by atoms with Crippen LogP contribution in [0.1, 0.15) is 37.4 Å². The molecule has 2 fully saturated rings. The Hall–Kier alpha value is -0.910. The number of aliphatic hydroxyl groups is 1. The summed E-state index contributed by atoms with van der Waals surface area (Å²) < 4.78 is 5.52. The van der Waals surface area contributed by atoms with Gasteiger partial charge in [-0.1, -0.05) is 30.3 Å². The summed E-state index contributed by atoms with van der Waals surface area (Å²) in [5.74, 6) is -0.523. The topological polar surface area (TPSA) is 49.8 Å². The molecule has 0 amide bonds. The SMILES string of the molecule is CN1C2CC[C@H]1CC(OC(=O)C(O)c1ccccc1)C2.[Br-]. The minimum atomic E-state index is -1.17. The third-order valence-corrected chi connectivity index (χ3v) is 4.68. The number of piperidine rings is 1. The first-order valence-corrected chi connectivity index (χ1v) is 7.30. The highest BCUT2D eigenvalue weighted by molar-refractivity contribution is 5.76. The molecule has 0 aromatic heterocycles. The van der Waals surface area contributed by atoms with Gasteiger partial charge in [0.1, 0.15) is 6.10 Å². The van der Waals surface area contributed by atoms with Gasteiger partial charge >= 0.3 is 5.97 Å². The number of halogens is 1. The summed E-state index contributed by atoms with van der Waals surface area (Å²) in [5.41, 5.74) is 0.591. The largest absolute Gasteiger partial charge is 1.00 e. The van der Waals surface area contributed by atoms with Gasteiger partial charge in [-0.3, -0.25) is 0 Å². The Bertz CT molecular complexity index is 468. The van der Waals surface area contributed by atoms with Crippen LogP contribution in [0.15, 0.2) is 30.3 Å². The monoisotopic (exact) mass is 354 g/mol. The summed E-state index contributed by atoms with van der Waals surface area (Å²) in [5, 5.41) is 10.0. The van der Waals surface area contributed by atoms with E-state index in [4.69, 9.17) is 4.74 Å². The summed E-state index contributed by atoms with van der Waals surface area (Å²) in [6.07, 6.45) is 2.94. The van der Waals surface area contributed by atoms with Crippen LogP contribution in [-0.2, 0) is 9.53 Å². The molecular weight excluding hydrogens is 334 g/mol. The van der Waals surface area contributed by atoms with Gasteiger partial charge in [-0.25, -0.2) is 4.79 Å². The molecule has 21 heavy (non-hydrogen) atoms. The summed E-state index contributed by atoms with van der Waals surface area (Å²) in [6, 6.07) is 10.0. The number of fused-ring (bicyclic) bond motifs is 2. The molecule has 1 N–H and O–H groups in total. The maximum absolute atomic E-state index is 12.0. The van der Waals surface area contributed by atoms with Crippen molar-refractivity contribution in [1.29, 1.82) is 0 Å². The van der Waals surface area contributed by atoms with Crippen molar-refractivity contribution in [3.8, 4) is 0 Å². The van der Waals surface area contributed by atoms with Crippen LogP contribution < -0.4 is 17.0 Å². The molecule has 2 heterocycles. The first kappa shape index (κ1) is 16.5. The van der Waals surface area contributed by atoms with Crippen LogP contribution in [-0.4, -0.2) is 41.2 Å². The van der Waals surface area contributed by atoms with E-state index in [0.29, 0.717) is 17.6 Å². The van der Waals surface area contributed by atoms with Crippen molar-refractivity contribution in [3.05, 3.63) is 35.9 Å². The minimum Gasteiger partial charge on any atom is -1.00 e. The predicted octanol–water partition coefficient (Wildman–Crippen LogP) is -1.11. The number of carbonyl (C=O) groups excluding carboxylic acids is 1. The molecule has 2 aliphatic rings. The molecule has 0 aliphatic carbocycles. The van der Waals surface area contributed by atoms with Crippen molar-refractivity contribution in [3.63, 3.8) is 0 Å². The lowest BCUT2D eigenvalue weighted by atomic mass is 10.0. The smallest absolute Gasteiger partial charge is 0.339 e. The molecule has 5 heteroatoms. The van der Waals surface area contributed by atoms with Crippen molar-refractivity contribution in [2.24, 2.45) is 0 Å². The maximum Gasteiger partial charge on any atom is 0.339 e. The summed E-state index contributed by atoms with van der Waals surface area (Å²) >= 11 is 0. The second-order valence-electron chi connectivity index (χ2n) is 5.89. The van der Waals surface area contributed by atoms with Crippen molar-refractivity contribution in [1.82, 2.24) is 4.90 Å². The predicted molar refractivity (Wildman–Crippen MR) is 75.1 cm³/mol. The number of aliphatic hydroxyl groups excluding tert-OH is 1. The number of carbonyl (C=O) groups is 1. The van der Waals surface area contributed by atoms with Crippen LogP contribution in [0, 0.1) is 0 Å². The van der Waals surface area contributed by atoms with Crippen molar-refractivity contribution >= 4 is 5.97 Å². The van der Waals surface area contributed by atoms with E-state index in [1.54, 1.807) is 12.1 Å². The second-order valence-corrected chi connectivity index (χ2v) is 5.89. The average molecular weight is 355 g/mol. The number of hydrogen-bond donors (Lipinski definition) is 1. The summed E-state index contributed by atoms with van der Waals surface area (Å²) in [4.78, 5) is 14.4. The highest BCUT2D eigenvalue weighted by Gasteiger charge is 2.40. The van der Waals surface area contributed by atoms with Gasteiger partial charge in [0.2, 0.25) is 0 Å². The molecular formula is C16H21BrNO3-. The van der Waals surface area contributed by atoms with Crippen LogP contribution in [0.4, 0.5) is 0 Å². The molecule has 2 aliphatic heterocycles. The zero-order valence-electron chi connectivity index (χ0n) is 12.1. The molecule has 2 bridgehead atoms. The lowest BCUT2D eigenvalue weighted by molar-refractivity contribution is -0.162. The molecule has 4 nitrogen and oxygen atoms in total. The third kappa shape index (κ3) is 3.47. The zero-order chi connectivity index (χ0) is 14.1. The van der Waals surface area contributed by atoms with E-state index in [1.165, 1.54) is 12.8 Å². The summed E-state index contributed by atoms with van der Waals surface area (Å²) in [6.45, 7) is 0. The Labute approximate surface area is 135 Å². The van der Waals surface area contributed by atoms with Crippen molar-refractivity contribution < 1.29 is 31.6 Å². The van der Waals surface area contributed by atoms with Crippen LogP contribution >= 0.6 is 0 Å². The Morgan fingerprint density at radius 1 is 1.24 bits per heavy atom. The molecule has 0 spiro atoms. The fourth-order valence-electron chi connectivity index (χ4n) is 3.46. The Kier molecular flexibility index (Phi) is 5.41. The van der Waals surface area contributed by atoms with Gasteiger partial charge < -0.3 is 31.7 Å². The quantitative estimate of drug-likeness (QED) is 0.699. The normalized spacial score (nSPS) is 29.5. The van der Waals surface area contributed by atoms with Gasteiger partial charge in [0.15, 0.2) is 6.10 Å². The molecule has 1 aromatic carbocycles. The standard InChI is InChI=1S/C16H21NO3.BrH/c1-17-12-7-8-13(17)10-14(9-12)20-16(19)15(18)11-5-3-2-4-6-11;/h2-6,12-15,18H,7-10H2,1H3;1H/p-1/t12-,13?,14?,15?;/m0./s1. The Morgan fingerprint density at radius 3 is 2.38 bits per heavy atom. The lowest BCUT2D eigenvalue weighted by Gasteiger charge is -2.36. The van der Waals surface area contributed by atoms with Crippen LogP contribution in [0.2, 0.25) is 0 Å². The molecule has 4 atom stereocenters. The molecule has 116 valence electrons. The Balaban J connectivity index is 0.00000161. The molecule has 2 saturated heterocycles. The highest BCUT2D eigenvalue weighted by atomic mass is 79.9. The van der Waals surface area contributed by atoms with Crippen molar-refractivity contribution in [2.75, 3.05) is 7.05 Å². The van der Waals surface area contributed by atoms with Gasteiger partial charge in [-0.15, -0.1) is 0 Å². The molecule has 0 radical (unpaired) electrons. The van der Waals surface area contributed by atoms with Gasteiger partial charge in [0.05, 0.1) is 0 Å². The van der Waals surface area contributed by atoms with Crippen LogP contribution in [0.5, 0.6) is 0 Å². The van der Waals surface area contributed by atoms with E-state index in [1.807, 2.05) is 18.2 Å². The van der Waals surface area contributed by atoms with E-state index in [0.717, 1.165) is 12.8 Å². The number of esters is 1. The maximum atomic E-state index is 12.0. The highest BCUT2D eigenvalue weighted by Crippen LogP contribution is 2.35. The van der Waals surface area contributed by atoms with E-state index in [-0.39, 0.29) is 23.1 Å². The third-order valence-electron chi connectivity index (χ3n) is 4.68. The van der Waals surface area contributed by atoms with E-state index < -0.39 is 12.1 Å². The minimum absolute atomic E-state index is 0. The first-order chi connectivity index (χ1) is 9.65. The second kappa shape index (κ2) is 6.90. The van der Waals surface area contributed by atoms with E-state index in [9.17, 15) is 9.90 Å². The van der Waals surface area contributed by atoms with E-state index in [2.05, 4.69) is 11.9 Å². The lowest BCUT2D eigenvalue weighted by Crippen LogP contribution is -3.00. The Morgan fingerprint density at radius 2 is 1.81 bits per heavy atom. The van der Waals surface area contributed by atoms with Gasteiger partial charge in [0, 0.05) is 12.1 Å². The first-order valence-electron chi connectivity index (χ1n) is 7.30. The fraction of sp³-hybridized carbons (Fsp3) is 0.562. The summed E-state index contributed by atoms with van der Waals surface area (Å²) in [7, 11) is 2.15. The average Bonchev–Trinajstić information content (AvgIpc) is 2.69. The van der Waals surface area contributed by atoms with Crippen LogP contribution in [0.3, 0.4) is 0 Å². The molecule has 0 saturated carbocycles. The molecule has 3 rings (SSSR count). The number of hydrogen-bond acceptors (Lipinski definition) is 4. The number of nitrogens with zero attached hydrogens (tertiary/aromatic N) is 1. The molecule has 1 aromatic rings. The van der Waals surface area contributed by atoms with Crippen LogP contribution in [0.25, 0.3) is 0 Å².